The van der Waals surface area contributed by atoms with Gasteiger partial charge in [-0.25, -0.2) is 4.39 Å². The Balaban J connectivity index is 2.97. The molecular formula is C6H9F. The SMILES string of the molecule is C=CCCC(=C)F. The van der Waals surface area contributed by atoms with Crippen LogP contribution in [0.3, 0.4) is 0 Å². The van der Waals surface area contributed by atoms with E-state index in [2.05, 4.69) is 13.2 Å². The molecule has 0 rings (SSSR count). The average molecular weight is 100 g/mol. The van der Waals surface area contributed by atoms with E-state index < -0.39 is 0 Å². The van der Waals surface area contributed by atoms with Gasteiger partial charge < -0.3 is 0 Å². The number of allylic oxidation sites excluding steroid dienone is 2. The van der Waals surface area contributed by atoms with Crippen molar-refractivity contribution in [1.82, 2.24) is 0 Å². The van der Waals surface area contributed by atoms with Crippen LogP contribution in [0.15, 0.2) is 25.1 Å². The highest BCUT2D eigenvalue weighted by molar-refractivity contribution is 4.83. The number of rotatable bonds is 3. The van der Waals surface area contributed by atoms with Gasteiger partial charge in [-0.05, 0) is 6.42 Å². The molecule has 0 radical (unpaired) electrons. The molecule has 0 N–H and O–H groups in total. The van der Waals surface area contributed by atoms with Gasteiger partial charge in [0.25, 0.3) is 0 Å². The summed E-state index contributed by atoms with van der Waals surface area (Å²) in [5, 5.41) is 0. The first-order valence-electron chi connectivity index (χ1n) is 2.21. The molecule has 0 fully saturated rings. The fourth-order valence-electron chi connectivity index (χ4n) is 0.259. The van der Waals surface area contributed by atoms with Gasteiger partial charge in [0.05, 0.1) is 5.83 Å². The highest BCUT2D eigenvalue weighted by Crippen LogP contribution is 2.01. The molecule has 0 spiro atoms. The minimum absolute atomic E-state index is 0.264. The molecule has 0 aliphatic heterocycles. The molecule has 0 aromatic heterocycles. The normalized spacial score (nSPS) is 8.14. The standard InChI is InChI=1S/C6H9F/c1-3-4-5-6(2)7/h3H,1-2,4-5H2. The van der Waals surface area contributed by atoms with E-state index >= 15 is 0 Å². The molecule has 0 aromatic carbocycles. The predicted molar refractivity (Wildman–Crippen MR) is 29.7 cm³/mol. The molecule has 0 saturated carbocycles. The van der Waals surface area contributed by atoms with Crippen LogP contribution in [0.2, 0.25) is 0 Å². The van der Waals surface area contributed by atoms with Gasteiger partial charge in [-0.1, -0.05) is 12.7 Å². The molecule has 0 saturated heterocycles. The minimum atomic E-state index is -0.264. The molecule has 0 aliphatic rings. The molecule has 0 nitrogen and oxygen atoms in total. The van der Waals surface area contributed by atoms with Crippen LogP contribution in [0.25, 0.3) is 0 Å². The van der Waals surface area contributed by atoms with Gasteiger partial charge >= 0.3 is 0 Å². The lowest BCUT2D eigenvalue weighted by Crippen LogP contribution is -1.66. The number of halogens is 1. The van der Waals surface area contributed by atoms with Crippen LogP contribution in [-0.2, 0) is 0 Å². The monoisotopic (exact) mass is 100 g/mol. The largest absolute Gasteiger partial charge is 0.212 e. The molecule has 0 bridgehead atoms. The van der Waals surface area contributed by atoms with Crippen molar-refractivity contribution in [2.24, 2.45) is 0 Å². The Kier molecular flexibility index (Phi) is 3.29. The van der Waals surface area contributed by atoms with E-state index in [-0.39, 0.29) is 5.83 Å². The van der Waals surface area contributed by atoms with Crippen LogP contribution in [0.1, 0.15) is 12.8 Å². The molecule has 0 amide bonds. The second-order valence-corrected chi connectivity index (χ2v) is 1.34. The Labute approximate surface area is 43.4 Å². The maximum absolute atomic E-state index is 11.6. The van der Waals surface area contributed by atoms with Crippen molar-refractivity contribution in [1.29, 1.82) is 0 Å². The van der Waals surface area contributed by atoms with Gasteiger partial charge in [-0.2, -0.15) is 0 Å². The lowest BCUT2D eigenvalue weighted by molar-refractivity contribution is 0.596. The van der Waals surface area contributed by atoms with Crippen LogP contribution in [0, 0.1) is 0 Å². The fourth-order valence-corrected chi connectivity index (χ4v) is 0.259. The fraction of sp³-hybridized carbons (Fsp3) is 0.333. The zero-order chi connectivity index (χ0) is 5.70. The van der Waals surface area contributed by atoms with E-state index in [9.17, 15) is 4.39 Å². The Bertz CT molecular complexity index is 74.2. The lowest BCUT2D eigenvalue weighted by atomic mass is 10.3. The van der Waals surface area contributed by atoms with Gasteiger partial charge in [0.15, 0.2) is 0 Å². The zero-order valence-electron chi connectivity index (χ0n) is 4.28. The van der Waals surface area contributed by atoms with Gasteiger partial charge in [-0.3, -0.25) is 0 Å². The molecular weight excluding hydrogens is 91.1 g/mol. The second kappa shape index (κ2) is 3.59. The Hall–Kier alpha value is -0.590. The van der Waals surface area contributed by atoms with Gasteiger partial charge in [0, 0.05) is 6.42 Å². The third-order valence-electron chi connectivity index (χ3n) is 0.620. The molecule has 40 valence electrons. The van der Waals surface area contributed by atoms with Crippen molar-refractivity contribution < 1.29 is 4.39 Å². The van der Waals surface area contributed by atoms with Crippen molar-refractivity contribution in [3.8, 4) is 0 Å². The van der Waals surface area contributed by atoms with Crippen molar-refractivity contribution in [3.63, 3.8) is 0 Å². The molecule has 7 heavy (non-hydrogen) atoms. The van der Waals surface area contributed by atoms with Crippen LogP contribution < -0.4 is 0 Å². The Morgan fingerprint density at radius 1 is 1.71 bits per heavy atom. The maximum atomic E-state index is 11.6. The molecule has 0 atom stereocenters. The van der Waals surface area contributed by atoms with Crippen LogP contribution in [-0.4, -0.2) is 0 Å². The number of hydrogen-bond donors (Lipinski definition) is 0. The highest BCUT2D eigenvalue weighted by Gasteiger charge is 1.83. The maximum Gasteiger partial charge on any atom is 0.0931 e. The summed E-state index contributed by atoms with van der Waals surface area (Å²) in [5.74, 6) is -0.264. The first kappa shape index (κ1) is 6.41. The summed E-state index contributed by atoms with van der Waals surface area (Å²) in [5.41, 5.74) is 0. The third-order valence-corrected chi connectivity index (χ3v) is 0.620. The zero-order valence-corrected chi connectivity index (χ0v) is 4.28. The Morgan fingerprint density at radius 3 is 2.43 bits per heavy atom. The summed E-state index contributed by atoms with van der Waals surface area (Å²) in [7, 11) is 0. The van der Waals surface area contributed by atoms with Gasteiger partial charge in [-0.15, -0.1) is 6.58 Å². The van der Waals surface area contributed by atoms with E-state index in [4.69, 9.17) is 0 Å². The third kappa shape index (κ3) is 5.41. The van der Waals surface area contributed by atoms with Crippen molar-refractivity contribution in [2.75, 3.05) is 0 Å². The van der Waals surface area contributed by atoms with Gasteiger partial charge in [0.2, 0.25) is 0 Å². The molecule has 1 heteroatoms. The minimum Gasteiger partial charge on any atom is -0.212 e. The predicted octanol–water partition coefficient (Wildman–Crippen LogP) is 2.44. The quantitative estimate of drug-likeness (QED) is 0.478. The molecule has 0 aromatic rings. The van der Waals surface area contributed by atoms with E-state index in [1.165, 1.54) is 0 Å². The van der Waals surface area contributed by atoms with E-state index in [0.717, 1.165) is 0 Å². The molecule has 0 aliphatic carbocycles. The van der Waals surface area contributed by atoms with Gasteiger partial charge in [0.1, 0.15) is 0 Å². The first-order valence-corrected chi connectivity index (χ1v) is 2.21. The molecule has 0 heterocycles. The van der Waals surface area contributed by atoms with Crippen molar-refractivity contribution in [2.45, 2.75) is 12.8 Å². The smallest absolute Gasteiger partial charge is 0.0931 e. The summed E-state index contributed by atoms with van der Waals surface area (Å²) >= 11 is 0. The van der Waals surface area contributed by atoms with E-state index in [0.29, 0.717) is 12.8 Å². The summed E-state index contributed by atoms with van der Waals surface area (Å²) in [4.78, 5) is 0. The van der Waals surface area contributed by atoms with Crippen LogP contribution in [0.4, 0.5) is 4.39 Å². The van der Waals surface area contributed by atoms with Crippen LogP contribution >= 0.6 is 0 Å². The Morgan fingerprint density at radius 2 is 2.29 bits per heavy atom. The number of hydrogen-bond acceptors (Lipinski definition) is 0. The van der Waals surface area contributed by atoms with Crippen molar-refractivity contribution in [3.05, 3.63) is 25.1 Å². The summed E-state index contributed by atoms with van der Waals surface area (Å²) in [6, 6.07) is 0. The lowest BCUT2D eigenvalue weighted by Gasteiger charge is -1.84. The van der Waals surface area contributed by atoms with Crippen LogP contribution in [0.5, 0.6) is 0 Å². The summed E-state index contributed by atoms with van der Waals surface area (Å²) < 4.78 is 11.6. The van der Waals surface area contributed by atoms with Crippen molar-refractivity contribution >= 4 is 0 Å². The molecule has 0 unspecified atom stereocenters. The topological polar surface area (TPSA) is 0 Å². The van der Waals surface area contributed by atoms with E-state index in [1.54, 1.807) is 6.08 Å². The second-order valence-electron chi connectivity index (χ2n) is 1.34. The summed E-state index contributed by atoms with van der Waals surface area (Å²) in [6.45, 7) is 6.50. The highest BCUT2D eigenvalue weighted by atomic mass is 19.1. The summed E-state index contributed by atoms with van der Waals surface area (Å²) in [6.07, 6.45) is 2.78. The average Bonchev–Trinajstić information content (AvgIpc) is 1.61. The van der Waals surface area contributed by atoms with E-state index in [1.807, 2.05) is 0 Å². The first-order chi connectivity index (χ1) is 3.27.